The van der Waals surface area contributed by atoms with Crippen LogP contribution in [0.15, 0.2) is 28.4 Å². The molecule has 0 spiro atoms. The number of carbonyl (C=O) groups excluding carboxylic acids is 2. The Bertz CT molecular complexity index is 764. The van der Waals surface area contributed by atoms with E-state index in [0.717, 1.165) is 5.56 Å². The number of hydrogen-bond acceptors (Lipinski definition) is 6. The Labute approximate surface area is 151 Å². The number of amides is 2. The molecule has 0 aliphatic carbocycles. The molecule has 0 saturated carbocycles. The molecule has 138 valence electrons. The van der Waals surface area contributed by atoms with Crippen LogP contribution in [0.25, 0.3) is 0 Å². The van der Waals surface area contributed by atoms with Crippen molar-refractivity contribution < 1.29 is 19.1 Å². The van der Waals surface area contributed by atoms with Crippen LogP contribution in [0.2, 0.25) is 0 Å². The summed E-state index contributed by atoms with van der Waals surface area (Å²) >= 11 is 0. The molecule has 2 heterocycles. The molecule has 0 aromatic heterocycles. The number of methoxy groups -OCH3 is 1. The van der Waals surface area contributed by atoms with Gasteiger partial charge >= 0.3 is 0 Å². The van der Waals surface area contributed by atoms with Crippen molar-refractivity contribution >= 4 is 23.2 Å². The molecule has 8 heteroatoms. The van der Waals surface area contributed by atoms with Crippen LogP contribution in [-0.2, 0) is 9.59 Å². The second kappa shape index (κ2) is 7.15. The highest BCUT2D eigenvalue weighted by Crippen LogP contribution is 2.40. The minimum Gasteiger partial charge on any atom is -0.493 e. The minimum absolute atomic E-state index is 0.228. The fraction of sp³-hybridized carbons (Fsp3) is 0.444. The van der Waals surface area contributed by atoms with Crippen molar-refractivity contribution in [3.63, 3.8) is 0 Å². The van der Waals surface area contributed by atoms with Gasteiger partial charge in [-0.15, -0.1) is 0 Å². The van der Waals surface area contributed by atoms with Crippen molar-refractivity contribution in [2.45, 2.75) is 26.7 Å². The molecular weight excluding hydrogens is 336 g/mol. The first-order valence-electron chi connectivity index (χ1n) is 8.46. The van der Waals surface area contributed by atoms with E-state index in [1.807, 2.05) is 19.1 Å². The lowest BCUT2D eigenvalue weighted by molar-refractivity contribution is -0.125. The molecule has 1 aromatic carbocycles. The highest BCUT2D eigenvalue weighted by molar-refractivity contribution is 6.12. The Morgan fingerprint density at radius 1 is 1.04 bits per heavy atom. The highest BCUT2D eigenvalue weighted by Gasteiger charge is 2.46. The number of hydrazone groups is 2. The van der Waals surface area contributed by atoms with Crippen LogP contribution in [-0.4, -0.2) is 37.0 Å². The maximum absolute atomic E-state index is 12.5. The Kier molecular flexibility index (Phi) is 4.92. The Morgan fingerprint density at radius 2 is 1.62 bits per heavy atom. The van der Waals surface area contributed by atoms with Gasteiger partial charge in [0.15, 0.2) is 11.5 Å². The van der Waals surface area contributed by atoms with Crippen LogP contribution in [0.5, 0.6) is 11.5 Å². The van der Waals surface area contributed by atoms with Gasteiger partial charge in [-0.3, -0.25) is 9.59 Å². The van der Waals surface area contributed by atoms with E-state index in [1.165, 1.54) is 0 Å². The Hall–Kier alpha value is -2.90. The van der Waals surface area contributed by atoms with Gasteiger partial charge in [0.05, 0.1) is 25.6 Å². The summed E-state index contributed by atoms with van der Waals surface area (Å²) in [5, 5.41) is 8.10. The average Bonchev–Trinajstić information content (AvgIpc) is 3.13. The molecule has 0 saturated heterocycles. The zero-order chi connectivity index (χ0) is 18.8. The van der Waals surface area contributed by atoms with Gasteiger partial charge in [0, 0.05) is 17.3 Å². The fourth-order valence-electron chi connectivity index (χ4n) is 3.54. The molecule has 3 rings (SSSR count). The number of rotatable bonds is 6. The van der Waals surface area contributed by atoms with Crippen LogP contribution >= 0.6 is 0 Å². The van der Waals surface area contributed by atoms with Crippen LogP contribution in [0.1, 0.15) is 32.3 Å². The van der Waals surface area contributed by atoms with Crippen molar-refractivity contribution in [3.8, 4) is 11.5 Å². The van der Waals surface area contributed by atoms with Gasteiger partial charge in [0.2, 0.25) is 11.8 Å². The molecule has 2 N–H and O–H groups in total. The summed E-state index contributed by atoms with van der Waals surface area (Å²) in [5.74, 6) is -0.857. The monoisotopic (exact) mass is 358 g/mol. The molecule has 1 aromatic rings. The topological polar surface area (TPSA) is 101 Å². The van der Waals surface area contributed by atoms with Crippen molar-refractivity contribution in [2.75, 3.05) is 13.7 Å². The average molecular weight is 358 g/mol. The number of nitrogens with zero attached hydrogens (tertiary/aromatic N) is 2. The van der Waals surface area contributed by atoms with Gasteiger partial charge in [0.25, 0.3) is 0 Å². The number of carbonyl (C=O) groups is 2. The lowest BCUT2D eigenvalue weighted by Crippen LogP contribution is -2.38. The molecule has 2 unspecified atom stereocenters. The first-order valence-corrected chi connectivity index (χ1v) is 8.46. The molecule has 26 heavy (non-hydrogen) atoms. The highest BCUT2D eigenvalue weighted by atomic mass is 16.5. The third-order valence-corrected chi connectivity index (χ3v) is 4.74. The summed E-state index contributed by atoms with van der Waals surface area (Å²) in [6.45, 7) is 5.91. The predicted molar refractivity (Wildman–Crippen MR) is 96.4 cm³/mol. The van der Waals surface area contributed by atoms with Gasteiger partial charge < -0.3 is 9.47 Å². The fourth-order valence-corrected chi connectivity index (χ4v) is 3.54. The third kappa shape index (κ3) is 3.02. The second-order valence-electron chi connectivity index (χ2n) is 6.28. The van der Waals surface area contributed by atoms with Crippen molar-refractivity contribution in [2.24, 2.45) is 22.0 Å². The summed E-state index contributed by atoms with van der Waals surface area (Å²) in [6.07, 6.45) is 0. The maximum Gasteiger partial charge on any atom is 0.249 e. The van der Waals surface area contributed by atoms with Gasteiger partial charge in [-0.25, -0.2) is 10.9 Å². The van der Waals surface area contributed by atoms with Crippen molar-refractivity contribution in [3.05, 3.63) is 23.8 Å². The molecule has 0 bridgehead atoms. The summed E-state index contributed by atoms with van der Waals surface area (Å²) in [4.78, 5) is 24.9. The van der Waals surface area contributed by atoms with E-state index >= 15 is 0 Å². The van der Waals surface area contributed by atoms with Gasteiger partial charge in [0.1, 0.15) is 0 Å². The lowest BCUT2D eigenvalue weighted by Gasteiger charge is -2.27. The normalized spacial score (nSPS) is 23.1. The largest absolute Gasteiger partial charge is 0.493 e. The zero-order valence-electron chi connectivity index (χ0n) is 15.2. The van der Waals surface area contributed by atoms with E-state index in [-0.39, 0.29) is 11.8 Å². The molecule has 2 aliphatic rings. The summed E-state index contributed by atoms with van der Waals surface area (Å²) < 4.78 is 11.0. The predicted octanol–water partition coefficient (Wildman–Crippen LogP) is 1.42. The standard InChI is InChI=1S/C18H22N4O4/c1-5-26-13-8-11(6-7-12(13)25-4)16(14-9(2)19-21-17(14)23)15-10(3)20-22-18(15)24/h6-8,14-16H,5H2,1-4H3,(H,21,23)(H,22,24). The molecule has 0 fully saturated rings. The molecule has 8 nitrogen and oxygen atoms in total. The van der Waals surface area contributed by atoms with E-state index < -0.39 is 17.8 Å². The molecule has 0 radical (unpaired) electrons. The second-order valence-corrected chi connectivity index (χ2v) is 6.28. The lowest BCUT2D eigenvalue weighted by atomic mass is 9.73. The van der Waals surface area contributed by atoms with E-state index in [4.69, 9.17) is 9.47 Å². The first-order chi connectivity index (χ1) is 12.5. The number of nitrogens with one attached hydrogen (secondary N) is 2. The minimum atomic E-state index is -0.558. The molecule has 2 atom stereocenters. The maximum atomic E-state index is 12.5. The van der Waals surface area contributed by atoms with Crippen LogP contribution in [0.4, 0.5) is 0 Å². The summed E-state index contributed by atoms with van der Waals surface area (Å²) in [7, 11) is 1.57. The Morgan fingerprint density at radius 3 is 2.04 bits per heavy atom. The molecule has 2 aliphatic heterocycles. The number of ether oxygens (including phenoxy) is 2. The quantitative estimate of drug-likeness (QED) is 0.803. The SMILES string of the molecule is CCOc1cc(C(C2C(=O)NN=C2C)C2C(=O)NN=C2C)ccc1OC. The number of hydrogen-bond donors (Lipinski definition) is 2. The molecular formula is C18H22N4O4. The van der Waals surface area contributed by atoms with E-state index in [2.05, 4.69) is 21.1 Å². The Balaban J connectivity index is 2.11. The summed E-state index contributed by atoms with van der Waals surface area (Å²) in [5.41, 5.74) is 7.09. The van der Waals surface area contributed by atoms with Gasteiger partial charge in [-0.2, -0.15) is 10.2 Å². The zero-order valence-corrected chi connectivity index (χ0v) is 15.2. The third-order valence-electron chi connectivity index (χ3n) is 4.74. The van der Waals surface area contributed by atoms with E-state index in [9.17, 15) is 9.59 Å². The van der Waals surface area contributed by atoms with Crippen molar-refractivity contribution in [1.29, 1.82) is 0 Å². The summed E-state index contributed by atoms with van der Waals surface area (Å²) in [6, 6.07) is 5.46. The van der Waals surface area contributed by atoms with Crippen LogP contribution < -0.4 is 20.3 Å². The van der Waals surface area contributed by atoms with Crippen LogP contribution in [0, 0.1) is 11.8 Å². The van der Waals surface area contributed by atoms with E-state index in [1.54, 1.807) is 27.0 Å². The molecule has 2 amide bonds. The smallest absolute Gasteiger partial charge is 0.249 e. The number of benzene rings is 1. The van der Waals surface area contributed by atoms with Crippen molar-refractivity contribution in [1.82, 2.24) is 10.9 Å². The van der Waals surface area contributed by atoms with Gasteiger partial charge in [-0.1, -0.05) is 6.07 Å². The van der Waals surface area contributed by atoms with Gasteiger partial charge in [-0.05, 0) is 38.5 Å². The first kappa shape index (κ1) is 17.9. The van der Waals surface area contributed by atoms with Crippen LogP contribution in [0.3, 0.4) is 0 Å². The van der Waals surface area contributed by atoms with E-state index in [0.29, 0.717) is 29.5 Å².